The Bertz CT molecular complexity index is 1600. The molecular formula is C28H24F5N3O2S. The van der Waals surface area contributed by atoms with Crippen molar-refractivity contribution in [1.29, 1.82) is 0 Å². The highest BCUT2D eigenvalue weighted by atomic mass is 32.2. The fraction of sp³-hybridized carbons (Fsp3) is 0.214. The zero-order chi connectivity index (χ0) is 28.6. The van der Waals surface area contributed by atoms with Crippen molar-refractivity contribution in [3.05, 3.63) is 90.1 Å². The third-order valence-corrected chi connectivity index (χ3v) is 7.27. The molecule has 0 aliphatic heterocycles. The molecule has 0 fully saturated rings. The Kier molecular flexibility index (Phi) is 7.59. The number of hydrogen-bond acceptors (Lipinski definition) is 4. The Hall–Kier alpha value is -3.70. The lowest BCUT2D eigenvalue weighted by Gasteiger charge is -2.20. The molecular weight excluding hydrogens is 537 g/mol. The highest BCUT2D eigenvalue weighted by Crippen LogP contribution is 2.33. The van der Waals surface area contributed by atoms with Crippen LogP contribution in [0.15, 0.2) is 83.8 Å². The number of halogens is 5. The van der Waals surface area contributed by atoms with Gasteiger partial charge in [0, 0.05) is 16.7 Å². The van der Waals surface area contributed by atoms with Crippen molar-refractivity contribution in [3.8, 4) is 33.8 Å². The first-order valence-corrected chi connectivity index (χ1v) is 13.2. The van der Waals surface area contributed by atoms with E-state index < -0.39 is 39.4 Å². The summed E-state index contributed by atoms with van der Waals surface area (Å²) < 4.78 is 94.5. The number of alkyl halides is 5. The second kappa shape index (κ2) is 10.5. The van der Waals surface area contributed by atoms with Crippen LogP contribution in [0.5, 0.6) is 0 Å². The van der Waals surface area contributed by atoms with E-state index in [2.05, 4.69) is 14.7 Å². The highest BCUT2D eigenvalue weighted by molar-refractivity contribution is 7.89. The summed E-state index contributed by atoms with van der Waals surface area (Å²) in [7, 11) is -3.80. The second-order valence-electron chi connectivity index (χ2n) is 9.84. The van der Waals surface area contributed by atoms with Crippen LogP contribution in [0.3, 0.4) is 0 Å². The fourth-order valence-electron chi connectivity index (χ4n) is 3.83. The predicted molar refractivity (Wildman–Crippen MR) is 138 cm³/mol. The topological polar surface area (TPSA) is 72.0 Å². The van der Waals surface area contributed by atoms with Crippen molar-refractivity contribution >= 4 is 10.0 Å². The smallest absolute Gasteiger partial charge is 0.228 e. The standard InChI is InChI=1S/C28H24F5N3O2S/c1-27(2,3)36-39(37,38)22-9-5-7-19(15-22)18-6-4-8-20(14-18)26-34-23(16-24(35-26)25(29)30)17-10-12-21(13-11-17)28(31,32)33/h4-16,25,36H,1-3H3. The van der Waals surface area contributed by atoms with Crippen LogP contribution in [0.4, 0.5) is 22.0 Å². The molecule has 4 aromatic rings. The van der Waals surface area contributed by atoms with Crippen LogP contribution in [0.1, 0.15) is 38.5 Å². The van der Waals surface area contributed by atoms with Gasteiger partial charge in [-0.25, -0.2) is 31.9 Å². The van der Waals surface area contributed by atoms with Gasteiger partial charge in [0.05, 0.1) is 16.2 Å². The summed E-state index contributed by atoms with van der Waals surface area (Å²) in [4.78, 5) is 8.38. The van der Waals surface area contributed by atoms with Gasteiger partial charge in [-0.05, 0) is 68.3 Å². The van der Waals surface area contributed by atoms with E-state index in [0.29, 0.717) is 16.7 Å². The number of nitrogens with zero attached hydrogens (tertiary/aromatic N) is 2. The van der Waals surface area contributed by atoms with Gasteiger partial charge in [0.2, 0.25) is 10.0 Å². The van der Waals surface area contributed by atoms with Crippen molar-refractivity contribution in [2.45, 2.75) is 43.8 Å². The predicted octanol–water partition coefficient (Wildman–Crippen LogP) is 7.51. The van der Waals surface area contributed by atoms with Gasteiger partial charge in [0.25, 0.3) is 6.43 Å². The van der Waals surface area contributed by atoms with Crippen LogP contribution >= 0.6 is 0 Å². The van der Waals surface area contributed by atoms with Crippen LogP contribution in [0.2, 0.25) is 0 Å². The van der Waals surface area contributed by atoms with Crippen molar-refractivity contribution in [2.75, 3.05) is 0 Å². The highest BCUT2D eigenvalue weighted by Gasteiger charge is 2.30. The Morgan fingerprint density at radius 2 is 1.33 bits per heavy atom. The molecule has 11 heteroatoms. The maximum absolute atomic E-state index is 13.7. The van der Waals surface area contributed by atoms with Crippen molar-refractivity contribution < 1.29 is 30.4 Å². The zero-order valence-electron chi connectivity index (χ0n) is 21.1. The summed E-state index contributed by atoms with van der Waals surface area (Å²) in [5.41, 5.74) is -0.379. The van der Waals surface area contributed by atoms with E-state index in [1.807, 2.05) is 0 Å². The summed E-state index contributed by atoms with van der Waals surface area (Å²) in [6.07, 6.45) is -7.48. The van der Waals surface area contributed by atoms with Gasteiger partial charge in [-0.3, -0.25) is 0 Å². The molecule has 4 rings (SSSR count). The molecule has 0 spiro atoms. The van der Waals surface area contributed by atoms with Crippen LogP contribution in [0.25, 0.3) is 33.8 Å². The molecule has 1 aromatic heterocycles. The summed E-state index contributed by atoms with van der Waals surface area (Å²) in [6.45, 7) is 5.18. The Labute approximate surface area is 222 Å². The van der Waals surface area contributed by atoms with Gasteiger partial charge in [-0.2, -0.15) is 13.2 Å². The van der Waals surface area contributed by atoms with E-state index in [1.54, 1.807) is 57.2 Å². The molecule has 0 aliphatic rings. The number of nitrogens with one attached hydrogen (secondary N) is 1. The molecule has 5 nitrogen and oxygen atoms in total. The third kappa shape index (κ3) is 6.85. The Morgan fingerprint density at radius 1 is 0.744 bits per heavy atom. The third-order valence-electron chi connectivity index (χ3n) is 5.52. The monoisotopic (exact) mass is 561 g/mol. The van der Waals surface area contributed by atoms with E-state index in [1.165, 1.54) is 12.1 Å². The molecule has 0 bridgehead atoms. The van der Waals surface area contributed by atoms with Crippen LogP contribution < -0.4 is 4.72 Å². The average Bonchev–Trinajstić information content (AvgIpc) is 2.87. The average molecular weight is 562 g/mol. The quantitative estimate of drug-likeness (QED) is 0.247. The molecule has 1 heterocycles. The Morgan fingerprint density at radius 3 is 1.92 bits per heavy atom. The number of aromatic nitrogens is 2. The number of sulfonamides is 1. The molecule has 1 N–H and O–H groups in total. The van der Waals surface area contributed by atoms with Gasteiger partial charge >= 0.3 is 6.18 Å². The van der Waals surface area contributed by atoms with Crippen molar-refractivity contribution in [3.63, 3.8) is 0 Å². The molecule has 204 valence electrons. The molecule has 0 saturated heterocycles. The molecule has 0 unspecified atom stereocenters. The molecule has 0 amide bonds. The number of rotatable bonds is 6. The Balaban J connectivity index is 1.75. The van der Waals surface area contributed by atoms with Gasteiger partial charge < -0.3 is 0 Å². The van der Waals surface area contributed by atoms with Gasteiger partial charge in [0.1, 0.15) is 5.69 Å². The SMILES string of the molecule is CC(C)(C)NS(=O)(=O)c1cccc(-c2cccc(-c3nc(-c4ccc(C(F)(F)F)cc4)cc(C(F)F)n3)c2)c1. The van der Waals surface area contributed by atoms with E-state index in [-0.39, 0.29) is 22.0 Å². The molecule has 0 aliphatic carbocycles. The molecule has 39 heavy (non-hydrogen) atoms. The minimum Gasteiger partial charge on any atom is -0.228 e. The summed E-state index contributed by atoms with van der Waals surface area (Å²) in [6, 6.07) is 17.9. The van der Waals surface area contributed by atoms with Crippen LogP contribution in [0, 0.1) is 0 Å². The minimum atomic E-state index is -4.54. The first kappa shape index (κ1) is 28.3. The number of hydrogen-bond donors (Lipinski definition) is 1. The van der Waals surface area contributed by atoms with E-state index in [9.17, 15) is 30.4 Å². The van der Waals surface area contributed by atoms with Crippen molar-refractivity contribution in [1.82, 2.24) is 14.7 Å². The summed E-state index contributed by atoms with van der Waals surface area (Å²) in [5, 5.41) is 0. The first-order valence-electron chi connectivity index (χ1n) is 11.7. The largest absolute Gasteiger partial charge is 0.416 e. The zero-order valence-corrected chi connectivity index (χ0v) is 21.9. The second-order valence-corrected chi connectivity index (χ2v) is 11.5. The molecule has 0 atom stereocenters. The molecule has 3 aromatic carbocycles. The lowest BCUT2D eigenvalue weighted by Crippen LogP contribution is -2.40. The van der Waals surface area contributed by atoms with E-state index >= 15 is 0 Å². The first-order chi connectivity index (χ1) is 18.1. The maximum atomic E-state index is 13.7. The summed E-state index contributed by atoms with van der Waals surface area (Å²) >= 11 is 0. The number of benzene rings is 3. The maximum Gasteiger partial charge on any atom is 0.416 e. The lowest BCUT2D eigenvalue weighted by molar-refractivity contribution is -0.137. The van der Waals surface area contributed by atoms with E-state index in [0.717, 1.165) is 30.3 Å². The summed E-state index contributed by atoms with van der Waals surface area (Å²) in [5.74, 6) is -0.0530. The van der Waals surface area contributed by atoms with Gasteiger partial charge in [-0.15, -0.1) is 0 Å². The minimum absolute atomic E-state index is 0.0378. The van der Waals surface area contributed by atoms with E-state index in [4.69, 9.17) is 0 Å². The molecule has 0 radical (unpaired) electrons. The normalized spacial score (nSPS) is 12.6. The lowest BCUT2D eigenvalue weighted by atomic mass is 10.0. The van der Waals surface area contributed by atoms with Gasteiger partial charge in [-0.1, -0.05) is 42.5 Å². The molecule has 0 saturated carbocycles. The van der Waals surface area contributed by atoms with Crippen LogP contribution in [-0.4, -0.2) is 23.9 Å². The van der Waals surface area contributed by atoms with Crippen molar-refractivity contribution in [2.24, 2.45) is 0 Å². The fourth-order valence-corrected chi connectivity index (χ4v) is 5.29. The van der Waals surface area contributed by atoms with Gasteiger partial charge in [0.15, 0.2) is 5.82 Å². The van der Waals surface area contributed by atoms with Crippen LogP contribution in [-0.2, 0) is 16.2 Å².